The molecule has 2 saturated heterocycles. The van der Waals surface area contributed by atoms with Crippen LogP contribution in [0.1, 0.15) is 19.8 Å². The van der Waals surface area contributed by atoms with Crippen molar-refractivity contribution in [1.82, 2.24) is 4.31 Å². The third-order valence-electron chi connectivity index (χ3n) is 3.30. The first-order valence-corrected chi connectivity index (χ1v) is 7.30. The fourth-order valence-electron chi connectivity index (χ4n) is 2.38. The first kappa shape index (κ1) is 12.3. The van der Waals surface area contributed by atoms with E-state index in [-0.39, 0.29) is 18.2 Å². The molecule has 2 fully saturated rings. The molecule has 2 rings (SSSR count). The van der Waals surface area contributed by atoms with Gasteiger partial charge in [0, 0.05) is 39.1 Å². The second kappa shape index (κ2) is 4.25. The molecule has 5 nitrogen and oxygen atoms in total. The van der Waals surface area contributed by atoms with Gasteiger partial charge in [0.1, 0.15) is 0 Å². The molecule has 0 aromatic rings. The summed E-state index contributed by atoms with van der Waals surface area (Å²) < 4.78 is 30.2. The standard InChI is InChI=1S/C10H19NO4S/c1-9-6-11(16(13,14)7-9)8-10(12)2-4-15-5-3-10/h9,12H,2-8H2,1H3. The molecule has 2 aliphatic rings. The van der Waals surface area contributed by atoms with Crippen molar-refractivity contribution >= 4 is 10.0 Å². The lowest BCUT2D eigenvalue weighted by molar-refractivity contribution is -0.0705. The molecule has 0 spiro atoms. The predicted molar refractivity (Wildman–Crippen MR) is 59.5 cm³/mol. The van der Waals surface area contributed by atoms with Crippen LogP contribution in [0.15, 0.2) is 0 Å². The molecule has 0 amide bonds. The molecule has 0 aromatic carbocycles. The monoisotopic (exact) mass is 249 g/mol. The maximum atomic E-state index is 11.8. The Hall–Kier alpha value is -0.170. The van der Waals surface area contributed by atoms with Crippen molar-refractivity contribution in [3.05, 3.63) is 0 Å². The fraction of sp³-hybridized carbons (Fsp3) is 1.00. The first-order valence-electron chi connectivity index (χ1n) is 5.69. The van der Waals surface area contributed by atoms with Crippen LogP contribution in [0.2, 0.25) is 0 Å². The molecule has 0 aliphatic carbocycles. The van der Waals surface area contributed by atoms with E-state index in [9.17, 15) is 13.5 Å². The topological polar surface area (TPSA) is 66.8 Å². The maximum Gasteiger partial charge on any atom is 0.214 e. The highest BCUT2D eigenvalue weighted by Gasteiger charge is 2.40. The SMILES string of the molecule is CC1CN(CC2(O)CCOCC2)S(=O)(=O)C1. The Morgan fingerprint density at radius 3 is 2.56 bits per heavy atom. The fourth-order valence-corrected chi connectivity index (χ4v) is 4.33. The molecule has 1 unspecified atom stereocenters. The molecule has 2 heterocycles. The van der Waals surface area contributed by atoms with Gasteiger partial charge in [-0.2, -0.15) is 4.31 Å². The Morgan fingerprint density at radius 1 is 1.44 bits per heavy atom. The maximum absolute atomic E-state index is 11.8. The zero-order valence-corrected chi connectivity index (χ0v) is 10.4. The third-order valence-corrected chi connectivity index (χ3v) is 5.35. The van der Waals surface area contributed by atoms with Gasteiger partial charge in [-0.25, -0.2) is 8.42 Å². The highest BCUT2D eigenvalue weighted by atomic mass is 32.2. The van der Waals surface area contributed by atoms with Crippen LogP contribution in [0, 0.1) is 5.92 Å². The normalized spacial score (nSPS) is 34.0. The number of nitrogens with zero attached hydrogens (tertiary/aromatic N) is 1. The van der Waals surface area contributed by atoms with Gasteiger partial charge in [0.25, 0.3) is 0 Å². The second-order valence-corrected chi connectivity index (χ2v) is 7.03. The summed E-state index contributed by atoms with van der Waals surface area (Å²) in [6, 6.07) is 0. The zero-order valence-electron chi connectivity index (χ0n) is 9.55. The van der Waals surface area contributed by atoms with Crippen molar-refractivity contribution in [3.8, 4) is 0 Å². The Balaban J connectivity index is 2.04. The second-order valence-electron chi connectivity index (χ2n) is 5.01. The number of sulfonamides is 1. The molecule has 0 bridgehead atoms. The summed E-state index contributed by atoms with van der Waals surface area (Å²) in [6.45, 7) is 3.71. The van der Waals surface area contributed by atoms with Crippen molar-refractivity contribution < 1.29 is 18.3 Å². The summed E-state index contributed by atoms with van der Waals surface area (Å²) in [5.41, 5.74) is -0.893. The van der Waals surface area contributed by atoms with E-state index in [1.54, 1.807) is 0 Å². The molecule has 0 radical (unpaired) electrons. The summed E-state index contributed by atoms with van der Waals surface area (Å²) in [5, 5.41) is 10.3. The van der Waals surface area contributed by atoms with Gasteiger partial charge in [-0.1, -0.05) is 6.92 Å². The number of β-amino-alcohol motifs (C(OH)–C–C–N with tert-alkyl or cyclic N) is 1. The number of aliphatic hydroxyl groups is 1. The van der Waals surface area contributed by atoms with Gasteiger partial charge < -0.3 is 9.84 Å². The van der Waals surface area contributed by atoms with Crippen molar-refractivity contribution in [2.24, 2.45) is 5.92 Å². The summed E-state index contributed by atoms with van der Waals surface area (Å²) in [5.74, 6) is 0.369. The van der Waals surface area contributed by atoms with Crippen LogP contribution >= 0.6 is 0 Å². The molecule has 0 saturated carbocycles. The van der Waals surface area contributed by atoms with Crippen LogP contribution in [0.4, 0.5) is 0 Å². The number of hydrogen-bond acceptors (Lipinski definition) is 4. The minimum absolute atomic E-state index is 0.161. The first-order chi connectivity index (χ1) is 7.41. The molecular formula is C10H19NO4S. The minimum atomic E-state index is -3.14. The van der Waals surface area contributed by atoms with E-state index in [1.165, 1.54) is 4.31 Å². The number of rotatable bonds is 2. The Kier molecular flexibility index (Phi) is 3.27. The molecule has 6 heteroatoms. The van der Waals surface area contributed by atoms with E-state index >= 15 is 0 Å². The molecule has 1 N–H and O–H groups in total. The van der Waals surface area contributed by atoms with Gasteiger partial charge in [0.2, 0.25) is 10.0 Å². The summed E-state index contributed by atoms with van der Waals surface area (Å²) >= 11 is 0. The van der Waals surface area contributed by atoms with Gasteiger partial charge >= 0.3 is 0 Å². The van der Waals surface area contributed by atoms with E-state index in [4.69, 9.17) is 4.74 Å². The highest BCUT2D eigenvalue weighted by molar-refractivity contribution is 7.89. The molecule has 0 aromatic heterocycles. The quantitative estimate of drug-likeness (QED) is 0.736. The van der Waals surface area contributed by atoms with Crippen LogP contribution < -0.4 is 0 Å². The van der Waals surface area contributed by atoms with Gasteiger partial charge in [0.15, 0.2) is 0 Å². The zero-order chi connectivity index (χ0) is 11.8. The van der Waals surface area contributed by atoms with E-state index in [2.05, 4.69) is 0 Å². The van der Waals surface area contributed by atoms with Gasteiger partial charge in [-0.15, -0.1) is 0 Å². The molecule has 1 atom stereocenters. The molecule has 16 heavy (non-hydrogen) atoms. The van der Waals surface area contributed by atoms with Gasteiger partial charge in [-0.3, -0.25) is 0 Å². The minimum Gasteiger partial charge on any atom is -0.388 e. The van der Waals surface area contributed by atoms with Crippen LogP contribution in [0.25, 0.3) is 0 Å². The highest BCUT2D eigenvalue weighted by Crippen LogP contribution is 2.27. The van der Waals surface area contributed by atoms with E-state index in [1.807, 2.05) is 6.92 Å². The van der Waals surface area contributed by atoms with Crippen molar-refractivity contribution in [2.45, 2.75) is 25.4 Å². The van der Waals surface area contributed by atoms with Gasteiger partial charge in [-0.05, 0) is 5.92 Å². The summed E-state index contributed by atoms with van der Waals surface area (Å²) in [7, 11) is -3.14. The lowest BCUT2D eigenvalue weighted by atomic mass is 9.94. The summed E-state index contributed by atoms with van der Waals surface area (Å²) in [6.07, 6.45) is 1.04. The smallest absolute Gasteiger partial charge is 0.214 e. The number of ether oxygens (including phenoxy) is 1. The number of hydrogen-bond donors (Lipinski definition) is 1. The lowest BCUT2D eigenvalue weighted by Gasteiger charge is -2.34. The van der Waals surface area contributed by atoms with Crippen molar-refractivity contribution in [2.75, 3.05) is 32.1 Å². The van der Waals surface area contributed by atoms with E-state index in [0.717, 1.165) is 0 Å². The van der Waals surface area contributed by atoms with Crippen LogP contribution in [0.5, 0.6) is 0 Å². The summed E-state index contributed by atoms with van der Waals surface area (Å²) in [4.78, 5) is 0. The Labute approximate surface area is 96.4 Å². The van der Waals surface area contributed by atoms with Crippen LogP contribution in [-0.4, -0.2) is 55.5 Å². The third kappa shape index (κ3) is 2.56. The average molecular weight is 249 g/mol. The lowest BCUT2D eigenvalue weighted by Crippen LogP contribution is -2.47. The van der Waals surface area contributed by atoms with Crippen molar-refractivity contribution in [1.29, 1.82) is 0 Å². The van der Waals surface area contributed by atoms with Crippen LogP contribution in [0.3, 0.4) is 0 Å². The largest absolute Gasteiger partial charge is 0.388 e. The van der Waals surface area contributed by atoms with E-state index < -0.39 is 15.6 Å². The molecule has 94 valence electrons. The van der Waals surface area contributed by atoms with Crippen molar-refractivity contribution in [3.63, 3.8) is 0 Å². The predicted octanol–water partition coefficient (Wildman–Crippen LogP) is -0.191. The Morgan fingerprint density at radius 2 is 2.06 bits per heavy atom. The van der Waals surface area contributed by atoms with E-state index in [0.29, 0.717) is 32.6 Å². The molecular weight excluding hydrogens is 230 g/mol. The van der Waals surface area contributed by atoms with Crippen LogP contribution in [-0.2, 0) is 14.8 Å². The van der Waals surface area contributed by atoms with Gasteiger partial charge in [0.05, 0.1) is 11.4 Å². The Bertz CT molecular complexity index is 348. The molecule has 2 aliphatic heterocycles. The average Bonchev–Trinajstić information content (AvgIpc) is 2.39.